The van der Waals surface area contributed by atoms with Crippen LogP contribution in [0.25, 0.3) is 22.8 Å². The second-order valence-electron chi connectivity index (χ2n) is 8.06. The van der Waals surface area contributed by atoms with E-state index < -0.39 is 0 Å². The maximum absolute atomic E-state index is 6.62. The van der Waals surface area contributed by atoms with Crippen LogP contribution >= 0.6 is 0 Å². The minimum Gasteiger partial charge on any atom is -0.497 e. The number of hydrogen-bond acceptors (Lipinski definition) is 1. The smallest absolute Gasteiger partial charge is 0.359 e. The van der Waals surface area contributed by atoms with Gasteiger partial charge in [-0.15, -0.1) is 0 Å². The highest BCUT2D eigenvalue weighted by Gasteiger charge is 2.35. The molecule has 0 atom stereocenters. The van der Waals surface area contributed by atoms with Crippen molar-refractivity contribution >= 4 is 11.6 Å². The molecule has 0 bridgehead atoms. The van der Waals surface area contributed by atoms with E-state index in [0.29, 0.717) is 0 Å². The molecule has 2 aliphatic carbocycles. The van der Waals surface area contributed by atoms with Crippen LogP contribution in [-0.4, -0.2) is 7.11 Å². The van der Waals surface area contributed by atoms with E-state index in [2.05, 4.69) is 48.5 Å². The van der Waals surface area contributed by atoms with Crippen molar-refractivity contribution in [3.8, 4) is 16.9 Å². The van der Waals surface area contributed by atoms with Crippen LogP contribution < -0.4 is 4.74 Å². The molecule has 0 unspecified atom stereocenters. The van der Waals surface area contributed by atoms with Gasteiger partial charge in [0.15, 0.2) is 0 Å². The Morgan fingerprint density at radius 3 is 2.34 bits per heavy atom. The number of fused-ring (bicyclic) bond motifs is 2. The molecular weight excluding hydrogens is 356 g/mol. The van der Waals surface area contributed by atoms with E-state index in [1.165, 1.54) is 58.4 Å². The molecule has 0 amide bonds. The third-order valence-corrected chi connectivity index (χ3v) is 6.20. The average Bonchev–Trinajstić information content (AvgIpc) is 2.79. The number of methoxy groups -OCH3 is 1. The summed E-state index contributed by atoms with van der Waals surface area (Å²) in [5, 5.41) is 0. The molecule has 5 rings (SSSR count). The summed E-state index contributed by atoms with van der Waals surface area (Å²) in [5.74, 6) is 3.21. The van der Waals surface area contributed by atoms with Gasteiger partial charge in [-0.2, -0.15) is 0 Å². The van der Waals surface area contributed by atoms with E-state index in [4.69, 9.17) is 9.15 Å². The Kier molecular flexibility index (Phi) is 4.93. The number of ether oxygens (including phenoxy) is 1. The summed E-state index contributed by atoms with van der Waals surface area (Å²) in [7, 11) is 1.71. The average molecular weight is 384 g/mol. The predicted molar refractivity (Wildman–Crippen MR) is 119 cm³/mol. The van der Waals surface area contributed by atoms with Crippen LogP contribution in [0.2, 0.25) is 0 Å². The van der Waals surface area contributed by atoms with E-state index in [1.807, 2.05) is 12.1 Å². The van der Waals surface area contributed by atoms with E-state index in [9.17, 15) is 0 Å². The Hall–Kier alpha value is -2.87. The summed E-state index contributed by atoms with van der Waals surface area (Å²) < 4.78 is 11.9. The standard InChI is InChI=1S/C27H27O2/c1-28-22-16-14-19(15-17-22)18-21-10-7-12-24-26(20-8-3-2-4-9-20)23-11-5-6-13-25(23)29-27(21)24/h2-4,8-9,14-18H,5-7,10-13H2,1H3/q+1/b21-18+. The molecule has 146 valence electrons. The molecule has 29 heavy (non-hydrogen) atoms. The topological polar surface area (TPSA) is 20.5 Å². The SMILES string of the molecule is COc1ccc(/C=C2\CCCc3c2[o+]c2c(c3-c3ccccc3)CCCC2)cc1. The second-order valence-corrected chi connectivity index (χ2v) is 8.06. The van der Waals surface area contributed by atoms with Crippen molar-refractivity contribution in [3.63, 3.8) is 0 Å². The molecular formula is C27H27O2+. The van der Waals surface area contributed by atoms with Gasteiger partial charge in [-0.05, 0) is 67.9 Å². The van der Waals surface area contributed by atoms with Gasteiger partial charge < -0.3 is 4.74 Å². The van der Waals surface area contributed by atoms with Crippen LogP contribution in [0.4, 0.5) is 0 Å². The third kappa shape index (κ3) is 3.48. The van der Waals surface area contributed by atoms with Crippen LogP contribution in [0.15, 0.2) is 59.0 Å². The van der Waals surface area contributed by atoms with Gasteiger partial charge in [0, 0.05) is 5.56 Å². The Labute approximate surface area is 172 Å². The van der Waals surface area contributed by atoms with E-state index in [1.54, 1.807) is 7.11 Å². The number of aryl methyl sites for hydroxylation is 1. The van der Waals surface area contributed by atoms with Gasteiger partial charge in [0.1, 0.15) is 5.75 Å². The normalized spacial score (nSPS) is 16.9. The molecule has 1 aromatic heterocycles. The highest BCUT2D eigenvalue weighted by atomic mass is 16.5. The van der Waals surface area contributed by atoms with Gasteiger partial charge >= 0.3 is 11.5 Å². The minimum absolute atomic E-state index is 0.890. The molecule has 2 aromatic carbocycles. The van der Waals surface area contributed by atoms with E-state index in [-0.39, 0.29) is 0 Å². The zero-order chi connectivity index (χ0) is 19.6. The van der Waals surface area contributed by atoms with Crippen LogP contribution in [0.1, 0.15) is 53.9 Å². The first-order valence-corrected chi connectivity index (χ1v) is 10.7. The van der Waals surface area contributed by atoms with Crippen molar-refractivity contribution in [2.45, 2.75) is 44.9 Å². The fourth-order valence-electron chi connectivity index (χ4n) is 4.79. The van der Waals surface area contributed by atoms with Crippen LogP contribution in [0, 0.1) is 0 Å². The summed E-state index contributed by atoms with van der Waals surface area (Å²) in [5.41, 5.74) is 8.16. The van der Waals surface area contributed by atoms with Gasteiger partial charge in [-0.1, -0.05) is 42.5 Å². The lowest BCUT2D eigenvalue weighted by molar-refractivity contribution is 0.415. The molecule has 0 N–H and O–H groups in total. The fraction of sp³-hybridized carbons (Fsp3) is 0.296. The molecule has 0 spiro atoms. The first-order chi connectivity index (χ1) is 14.3. The van der Waals surface area contributed by atoms with Crippen molar-refractivity contribution < 1.29 is 9.15 Å². The van der Waals surface area contributed by atoms with E-state index in [0.717, 1.165) is 37.2 Å². The van der Waals surface area contributed by atoms with Crippen molar-refractivity contribution in [2.75, 3.05) is 7.11 Å². The Morgan fingerprint density at radius 2 is 1.55 bits per heavy atom. The lowest BCUT2D eigenvalue weighted by atomic mass is 9.81. The third-order valence-electron chi connectivity index (χ3n) is 6.20. The molecule has 0 saturated carbocycles. The van der Waals surface area contributed by atoms with Gasteiger partial charge in [0.2, 0.25) is 0 Å². The molecule has 0 radical (unpaired) electrons. The largest absolute Gasteiger partial charge is 0.497 e. The van der Waals surface area contributed by atoms with Crippen molar-refractivity contribution in [1.82, 2.24) is 0 Å². The molecule has 2 heteroatoms. The first-order valence-electron chi connectivity index (χ1n) is 10.7. The molecule has 0 aliphatic heterocycles. The lowest BCUT2D eigenvalue weighted by Crippen LogP contribution is -2.12. The summed E-state index contributed by atoms with van der Waals surface area (Å²) in [4.78, 5) is 0. The molecule has 2 aliphatic rings. The zero-order valence-corrected chi connectivity index (χ0v) is 17.0. The van der Waals surface area contributed by atoms with Crippen molar-refractivity contribution in [2.24, 2.45) is 0 Å². The van der Waals surface area contributed by atoms with E-state index >= 15 is 0 Å². The van der Waals surface area contributed by atoms with Crippen molar-refractivity contribution in [3.05, 3.63) is 82.8 Å². The zero-order valence-electron chi connectivity index (χ0n) is 17.0. The van der Waals surface area contributed by atoms with Crippen molar-refractivity contribution in [1.29, 1.82) is 0 Å². The number of benzene rings is 2. The quantitative estimate of drug-likeness (QED) is 0.454. The number of rotatable bonds is 3. The molecule has 0 saturated heterocycles. The summed E-state index contributed by atoms with van der Waals surface area (Å²) in [6.07, 6.45) is 10.3. The predicted octanol–water partition coefficient (Wildman–Crippen LogP) is 6.99. The fourth-order valence-corrected chi connectivity index (χ4v) is 4.79. The molecule has 0 fully saturated rings. The number of hydrogen-bond donors (Lipinski definition) is 0. The summed E-state index contributed by atoms with van der Waals surface area (Å²) >= 11 is 0. The first kappa shape index (κ1) is 18.2. The lowest BCUT2D eigenvalue weighted by Gasteiger charge is -2.20. The minimum atomic E-state index is 0.890. The maximum Gasteiger partial charge on any atom is 0.359 e. The molecule has 3 aromatic rings. The highest BCUT2D eigenvalue weighted by Crippen LogP contribution is 2.43. The van der Waals surface area contributed by atoms with Gasteiger partial charge in [0.25, 0.3) is 0 Å². The monoisotopic (exact) mass is 383 g/mol. The Balaban J connectivity index is 1.67. The second kappa shape index (κ2) is 7.87. The summed E-state index contributed by atoms with van der Waals surface area (Å²) in [6.45, 7) is 0. The number of allylic oxidation sites excluding steroid dienone is 1. The van der Waals surface area contributed by atoms with Gasteiger partial charge in [-0.3, -0.25) is 0 Å². The van der Waals surface area contributed by atoms with Gasteiger partial charge in [-0.25, -0.2) is 4.42 Å². The van der Waals surface area contributed by atoms with Crippen LogP contribution in [0.3, 0.4) is 0 Å². The van der Waals surface area contributed by atoms with Crippen LogP contribution in [0.5, 0.6) is 5.75 Å². The highest BCUT2D eigenvalue weighted by molar-refractivity contribution is 5.85. The molecule has 2 nitrogen and oxygen atoms in total. The molecule has 1 heterocycles. The van der Waals surface area contributed by atoms with Crippen LogP contribution in [-0.2, 0) is 19.3 Å². The van der Waals surface area contributed by atoms with Gasteiger partial charge in [0.05, 0.1) is 30.2 Å². The maximum atomic E-state index is 6.62. The Morgan fingerprint density at radius 1 is 0.793 bits per heavy atom. The summed E-state index contributed by atoms with van der Waals surface area (Å²) in [6, 6.07) is 19.2. The Bertz CT molecular complexity index is 1050.